The first-order chi connectivity index (χ1) is 10.1. The van der Waals surface area contributed by atoms with Crippen LogP contribution < -0.4 is 5.32 Å². The second-order valence-electron chi connectivity index (χ2n) is 4.15. The number of hydrogen-bond donors (Lipinski definition) is 1. The first-order valence-corrected chi connectivity index (χ1v) is 7.41. The van der Waals surface area contributed by atoms with E-state index in [-0.39, 0.29) is 17.7 Å². The lowest BCUT2D eigenvalue weighted by Crippen LogP contribution is -2.31. The van der Waals surface area contributed by atoms with Gasteiger partial charge in [0, 0.05) is 5.02 Å². The van der Waals surface area contributed by atoms with Crippen LogP contribution in [0.1, 0.15) is 6.92 Å². The van der Waals surface area contributed by atoms with E-state index in [0.29, 0.717) is 10.2 Å². The quantitative estimate of drug-likeness (QED) is 0.677. The predicted octanol–water partition coefficient (Wildman–Crippen LogP) is 2.15. The molecule has 21 heavy (non-hydrogen) atoms. The summed E-state index contributed by atoms with van der Waals surface area (Å²) in [7, 11) is 0. The number of aromatic nitrogens is 3. The molecule has 5 nitrogen and oxygen atoms in total. The molecule has 1 unspecified atom stereocenters. The van der Waals surface area contributed by atoms with Crippen LogP contribution in [0.3, 0.4) is 0 Å². The molecule has 0 fully saturated rings. The zero-order valence-corrected chi connectivity index (χ0v) is 12.9. The van der Waals surface area contributed by atoms with Gasteiger partial charge >= 0.3 is 0 Å². The third-order valence-corrected chi connectivity index (χ3v) is 3.91. The van der Waals surface area contributed by atoms with E-state index < -0.39 is 0 Å². The van der Waals surface area contributed by atoms with E-state index in [1.54, 1.807) is 30.0 Å². The van der Waals surface area contributed by atoms with Crippen LogP contribution in [0, 0.1) is 12.3 Å². The molecule has 0 saturated carbocycles. The molecule has 7 heteroatoms. The van der Waals surface area contributed by atoms with Crippen LogP contribution in [0.5, 0.6) is 0 Å². The predicted molar refractivity (Wildman–Crippen MR) is 83.5 cm³/mol. The smallest absolute Gasteiger partial charge is 0.234 e. The Kier molecular flexibility index (Phi) is 5.26. The maximum Gasteiger partial charge on any atom is 0.234 e. The van der Waals surface area contributed by atoms with Gasteiger partial charge in [0.1, 0.15) is 6.33 Å². The molecule has 1 aromatic carbocycles. The minimum absolute atomic E-state index is 0.140. The molecule has 0 bridgehead atoms. The number of terminal acetylenes is 1. The van der Waals surface area contributed by atoms with Crippen molar-refractivity contribution in [3.63, 3.8) is 0 Å². The number of hydrogen-bond acceptors (Lipinski definition) is 4. The molecule has 1 aromatic heterocycles. The monoisotopic (exact) mass is 320 g/mol. The van der Waals surface area contributed by atoms with Crippen LogP contribution in [-0.2, 0) is 4.79 Å². The second kappa shape index (κ2) is 7.16. The van der Waals surface area contributed by atoms with Crippen molar-refractivity contribution in [3.05, 3.63) is 35.6 Å². The number of rotatable bonds is 5. The fourth-order valence-electron chi connectivity index (χ4n) is 1.60. The second-order valence-corrected chi connectivity index (χ2v) is 5.89. The molecule has 0 radical (unpaired) electrons. The summed E-state index contributed by atoms with van der Waals surface area (Å²) in [6, 6.07) is 7.33. The minimum Gasteiger partial charge on any atom is -0.344 e. The fourth-order valence-corrected chi connectivity index (χ4v) is 2.65. The van der Waals surface area contributed by atoms with E-state index in [2.05, 4.69) is 21.4 Å². The highest BCUT2D eigenvalue weighted by Crippen LogP contribution is 2.24. The number of nitrogens with one attached hydrogen (secondary N) is 1. The highest BCUT2D eigenvalue weighted by molar-refractivity contribution is 8.00. The molecule has 2 rings (SSSR count). The van der Waals surface area contributed by atoms with Gasteiger partial charge in [-0.1, -0.05) is 35.3 Å². The van der Waals surface area contributed by atoms with Crippen molar-refractivity contribution in [2.75, 3.05) is 6.54 Å². The van der Waals surface area contributed by atoms with E-state index in [1.165, 1.54) is 11.8 Å². The van der Waals surface area contributed by atoms with Crippen molar-refractivity contribution in [1.29, 1.82) is 0 Å². The Morgan fingerprint density at radius 3 is 3.14 bits per heavy atom. The summed E-state index contributed by atoms with van der Waals surface area (Å²) < 4.78 is 1.78. The summed E-state index contributed by atoms with van der Waals surface area (Å²) >= 11 is 7.29. The first kappa shape index (κ1) is 15.4. The van der Waals surface area contributed by atoms with Crippen LogP contribution in [0.25, 0.3) is 5.69 Å². The SMILES string of the molecule is C#CCNC(=O)C(C)Sc1nncn1-c1cccc(Cl)c1. The van der Waals surface area contributed by atoms with Crippen molar-refractivity contribution in [3.8, 4) is 18.0 Å². The molecule has 0 aliphatic carbocycles. The summed E-state index contributed by atoms with van der Waals surface area (Å²) in [6.45, 7) is 2.00. The molecule has 0 spiro atoms. The normalized spacial score (nSPS) is 11.7. The van der Waals surface area contributed by atoms with Gasteiger partial charge in [0.2, 0.25) is 5.91 Å². The number of benzene rings is 1. The van der Waals surface area contributed by atoms with Gasteiger partial charge in [-0.25, -0.2) is 0 Å². The highest BCUT2D eigenvalue weighted by Gasteiger charge is 2.17. The molecule has 108 valence electrons. The van der Waals surface area contributed by atoms with Gasteiger partial charge in [-0.3, -0.25) is 9.36 Å². The van der Waals surface area contributed by atoms with E-state index >= 15 is 0 Å². The third-order valence-electron chi connectivity index (χ3n) is 2.62. The van der Waals surface area contributed by atoms with E-state index in [4.69, 9.17) is 18.0 Å². The average molecular weight is 321 g/mol. The Bertz CT molecular complexity index is 680. The number of thioether (sulfide) groups is 1. The van der Waals surface area contributed by atoms with E-state index in [0.717, 1.165) is 5.69 Å². The maximum atomic E-state index is 11.8. The van der Waals surface area contributed by atoms with Gasteiger partial charge in [0.05, 0.1) is 17.5 Å². The summed E-state index contributed by atoms with van der Waals surface area (Å²) in [6.07, 6.45) is 6.70. The molecule has 1 amide bonds. The minimum atomic E-state index is -0.333. The summed E-state index contributed by atoms with van der Waals surface area (Å²) in [5.74, 6) is 2.23. The van der Waals surface area contributed by atoms with Crippen LogP contribution in [0.15, 0.2) is 35.7 Å². The van der Waals surface area contributed by atoms with Gasteiger partial charge in [0.25, 0.3) is 0 Å². The topological polar surface area (TPSA) is 59.8 Å². The van der Waals surface area contributed by atoms with Gasteiger partial charge in [-0.2, -0.15) is 0 Å². The third kappa shape index (κ3) is 4.00. The lowest BCUT2D eigenvalue weighted by molar-refractivity contribution is -0.120. The van der Waals surface area contributed by atoms with Gasteiger partial charge in [-0.15, -0.1) is 16.6 Å². The van der Waals surface area contributed by atoms with Gasteiger partial charge in [-0.05, 0) is 25.1 Å². The molecule has 0 aliphatic rings. The standard InChI is InChI=1S/C14H13ClN4OS/c1-3-7-16-13(20)10(2)21-14-18-17-9-19(14)12-6-4-5-11(15)8-12/h1,4-6,8-10H,7H2,2H3,(H,16,20). The van der Waals surface area contributed by atoms with Crippen molar-refractivity contribution >= 4 is 29.3 Å². The molecule has 1 atom stereocenters. The van der Waals surface area contributed by atoms with Crippen molar-refractivity contribution in [2.45, 2.75) is 17.3 Å². The average Bonchev–Trinajstić information content (AvgIpc) is 2.92. The Hall–Kier alpha value is -1.97. The molecule has 2 aromatic rings. The number of nitrogens with zero attached hydrogens (tertiary/aromatic N) is 3. The molecule has 0 aliphatic heterocycles. The lowest BCUT2D eigenvalue weighted by atomic mass is 10.3. The number of amides is 1. The Balaban J connectivity index is 2.14. The van der Waals surface area contributed by atoms with Gasteiger partial charge < -0.3 is 5.32 Å². The zero-order chi connectivity index (χ0) is 15.2. The van der Waals surface area contributed by atoms with Crippen molar-refractivity contribution < 1.29 is 4.79 Å². The van der Waals surface area contributed by atoms with Crippen LogP contribution in [0.4, 0.5) is 0 Å². The molecule has 0 saturated heterocycles. The molecular formula is C14H13ClN4OS. The van der Waals surface area contributed by atoms with Crippen molar-refractivity contribution in [2.24, 2.45) is 0 Å². The Labute approximate surface area is 132 Å². The number of carbonyl (C=O) groups is 1. The van der Waals surface area contributed by atoms with E-state index in [1.807, 2.05) is 12.1 Å². The maximum absolute atomic E-state index is 11.8. The summed E-state index contributed by atoms with van der Waals surface area (Å²) in [5, 5.41) is 11.5. The summed E-state index contributed by atoms with van der Waals surface area (Å²) in [4.78, 5) is 11.8. The fraction of sp³-hybridized carbons (Fsp3) is 0.214. The highest BCUT2D eigenvalue weighted by atomic mass is 35.5. The van der Waals surface area contributed by atoms with Crippen LogP contribution in [0.2, 0.25) is 5.02 Å². The largest absolute Gasteiger partial charge is 0.344 e. The Morgan fingerprint density at radius 2 is 2.43 bits per heavy atom. The first-order valence-electron chi connectivity index (χ1n) is 6.15. The van der Waals surface area contributed by atoms with E-state index in [9.17, 15) is 4.79 Å². The molecular weight excluding hydrogens is 308 g/mol. The van der Waals surface area contributed by atoms with Crippen molar-refractivity contribution in [1.82, 2.24) is 20.1 Å². The van der Waals surface area contributed by atoms with Crippen LogP contribution in [-0.4, -0.2) is 32.5 Å². The zero-order valence-electron chi connectivity index (χ0n) is 11.3. The lowest BCUT2D eigenvalue weighted by Gasteiger charge is -2.11. The number of halogens is 1. The van der Waals surface area contributed by atoms with Gasteiger partial charge in [0.15, 0.2) is 5.16 Å². The summed E-state index contributed by atoms with van der Waals surface area (Å²) in [5.41, 5.74) is 0.839. The molecule has 1 heterocycles. The molecule has 1 N–H and O–H groups in total. The Morgan fingerprint density at radius 1 is 1.62 bits per heavy atom. The van der Waals surface area contributed by atoms with Crippen LogP contribution >= 0.6 is 23.4 Å². The number of carbonyl (C=O) groups excluding carboxylic acids is 1.